The molecule has 2 aliphatic heterocycles. The smallest absolute Gasteiger partial charge is 0.464 e. The molecule has 2 aromatic rings. The molecular formula is C34H38F3N5O7S. The summed E-state index contributed by atoms with van der Waals surface area (Å²) in [5.74, 6) is -4.14. The van der Waals surface area contributed by atoms with E-state index in [4.69, 9.17) is 4.74 Å². The molecule has 2 heterocycles. The van der Waals surface area contributed by atoms with Gasteiger partial charge in [0.1, 0.15) is 12.1 Å². The van der Waals surface area contributed by atoms with Gasteiger partial charge in [-0.3, -0.25) is 14.4 Å². The van der Waals surface area contributed by atoms with E-state index in [1.54, 1.807) is 32.1 Å². The molecule has 0 fully saturated rings. The third-order valence-corrected chi connectivity index (χ3v) is 10.1. The molecule has 0 aromatic heterocycles. The summed E-state index contributed by atoms with van der Waals surface area (Å²) in [6.45, 7) is 3.12. The van der Waals surface area contributed by atoms with Crippen LogP contribution in [0.5, 0.6) is 0 Å². The van der Waals surface area contributed by atoms with Crippen molar-refractivity contribution < 1.29 is 45.5 Å². The average Bonchev–Trinajstić information content (AvgIpc) is 3.06. The van der Waals surface area contributed by atoms with Crippen LogP contribution in [0, 0.1) is 11.3 Å². The molecule has 0 spiro atoms. The van der Waals surface area contributed by atoms with Gasteiger partial charge in [-0.05, 0) is 74.1 Å². The number of amides is 3. The third kappa shape index (κ3) is 8.69. The van der Waals surface area contributed by atoms with E-state index in [2.05, 4.69) is 4.72 Å². The normalized spacial score (nSPS) is 18.3. The van der Waals surface area contributed by atoms with E-state index >= 15 is 0 Å². The standard InChI is InChI=1S/C34H38F3N5O7S/c1-5-49-32(45)29-15-21(2)11-13-41(29)31(44)27(17-22-7-6-8-23(16-22)20-38)39-50(47,48)25-10-9-24-12-14-42(33(46)34(35,36)37)28(26(24)18-25)19-30(43)40(3)4/h6-11,16,18,27-29,39H,5,12-15,17,19H2,1-4H3/t27-,28?,29+/m0/s1. The number of fused-ring (bicyclic) bond motifs is 1. The lowest BCUT2D eigenvalue weighted by Gasteiger charge is -2.38. The Bertz CT molecular complexity index is 1840. The number of sulfonamides is 1. The van der Waals surface area contributed by atoms with Gasteiger partial charge in [-0.1, -0.05) is 29.8 Å². The van der Waals surface area contributed by atoms with Crippen LogP contribution in [0.2, 0.25) is 0 Å². The Morgan fingerprint density at radius 1 is 1.12 bits per heavy atom. The summed E-state index contributed by atoms with van der Waals surface area (Å²) in [4.78, 5) is 54.8. The molecule has 50 heavy (non-hydrogen) atoms. The molecular weight excluding hydrogens is 679 g/mol. The van der Waals surface area contributed by atoms with Gasteiger partial charge in [-0.25, -0.2) is 13.2 Å². The van der Waals surface area contributed by atoms with Gasteiger partial charge in [-0.2, -0.15) is 23.2 Å². The lowest BCUT2D eigenvalue weighted by Crippen LogP contribution is -2.56. The van der Waals surface area contributed by atoms with Gasteiger partial charge >= 0.3 is 18.1 Å². The van der Waals surface area contributed by atoms with Gasteiger partial charge in [0.15, 0.2) is 0 Å². The summed E-state index contributed by atoms with van der Waals surface area (Å²) in [7, 11) is -1.81. The molecule has 3 amide bonds. The van der Waals surface area contributed by atoms with Crippen molar-refractivity contribution in [2.24, 2.45) is 0 Å². The van der Waals surface area contributed by atoms with Crippen LogP contribution in [-0.4, -0.2) is 98.9 Å². The third-order valence-electron chi connectivity index (χ3n) is 8.62. The van der Waals surface area contributed by atoms with Gasteiger partial charge < -0.3 is 19.4 Å². The molecule has 1 unspecified atom stereocenters. The summed E-state index contributed by atoms with van der Waals surface area (Å²) in [6.07, 6.45) is -4.11. The fraction of sp³-hybridized carbons (Fsp3) is 0.441. The van der Waals surface area contributed by atoms with Crippen LogP contribution in [0.15, 0.2) is 59.0 Å². The number of rotatable bonds is 10. The van der Waals surface area contributed by atoms with Crippen molar-refractivity contribution in [1.82, 2.24) is 19.4 Å². The number of carbonyl (C=O) groups excluding carboxylic acids is 4. The average molecular weight is 718 g/mol. The summed E-state index contributed by atoms with van der Waals surface area (Å²) < 4.78 is 76.5. The molecule has 268 valence electrons. The van der Waals surface area contributed by atoms with E-state index in [-0.39, 0.29) is 50.1 Å². The fourth-order valence-corrected chi connectivity index (χ4v) is 7.25. The maximum Gasteiger partial charge on any atom is 0.471 e. The zero-order valence-electron chi connectivity index (χ0n) is 28.0. The SMILES string of the molecule is CCOC(=O)[C@H]1CC(C)=CCN1C(=O)[C@H](Cc1cccc(C#N)c1)NS(=O)(=O)c1ccc2c(c1)C(CC(=O)N(C)C)N(C(=O)C(F)(F)F)CC2. The monoisotopic (exact) mass is 717 g/mol. The largest absolute Gasteiger partial charge is 0.471 e. The maximum absolute atomic E-state index is 14.2. The molecule has 2 aliphatic rings. The van der Waals surface area contributed by atoms with Crippen molar-refractivity contribution in [2.45, 2.75) is 68.7 Å². The quantitative estimate of drug-likeness (QED) is 0.291. The number of hydrogen-bond acceptors (Lipinski definition) is 8. The lowest BCUT2D eigenvalue weighted by molar-refractivity contribution is -0.188. The molecule has 12 nitrogen and oxygen atoms in total. The second kappa shape index (κ2) is 15.4. The van der Waals surface area contributed by atoms with Crippen molar-refractivity contribution in [2.75, 3.05) is 33.8 Å². The van der Waals surface area contributed by atoms with Crippen molar-refractivity contribution in [1.29, 1.82) is 5.26 Å². The first-order chi connectivity index (χ1) is 23.5. The van der Waals surface area contributed by atoms with Crippen LogP contribution in [0.1, 0.15) is 55.0 Å². The maximum atomic E-state index is 14.2. The molecule has 3 atom stereocenters. The number of halogens is 3. The van der Waals surface area contributed by atoms with E-state index in [1.165, 1.54) is 43.3 Å². The number of nitrogens with zero attached hydrogens (tertiary/aromatic N) is 4. The molecule has 1 N–H and O–H groups in total. The number of nitrogens with one attached hydrogen (secondary N) is 1. The Hall–Kier alpha value is -4.75. The minimum absolute atomic E-state index is 0.00585. The van der Waals surface area contributed by atoms with Crippen LogP contribution < -0.4 is 4.72 Å². The zero-order chi connectivity index (χ0) is 37.0. The summed E-state index contributed by atoms with van der Waals surface area (Å²) in [5, 5.41) is 9.41. The highest BCUT2D eigenvalue weighted by Gasteiger charge is 2.47. The highest BCUT2D eigenvalue weighted by molar-refractivity contribution is 7.89. The molecule has 0 radical (unpaired) electrons. The van der Waals surface area contributed by atoms with Crippen molar-refractivity contribution in [3.8, 4) is 6.07 Å². The van der Waals surface area contributed by atoms with Crippen LogP contribution in [-0.2, 0) is 46.8 Å². The van der Waals surface area contributed by atoms with E-state index < -0.39 is 69.3 Å². The van der Waals surface area contributed by atoms with Crippen LogP contribution in [0.4, 0.5) is 13.2 Å². The molecule has 0 aliphatic carbocycles. The first-order valence-electron chi connectivity index (χ1n) is 15.8. The number of carbonyl (C=O) groups is 4. The van der Waals surface area contributed by atoms with Gasteiger partial charge in [0.05, 0.1) is 35.6 Å². The van der Waals surface area contributed by atoms with Crippen LogP contribution in [0.25, 0.3) is 0 Å². The van der Waals surface area contributed by atoms with Gasteiger partial charge in [0.25, 0.3) is 0 Å². The predicted molar refractivity (Wildman–Crippen MR) is 173 cm³/mol. The van der Waals surface area contributed by atoms with Crippen LogP contribution in [0.3, 0.4) is 0 Å². The Morgan fingerprint density at radius 2 is 1.84 bits per heavy atom. The highest BCUT2D eigenvalue weighted by atomic mass is 32.2. The van der Waals surface area contributed by atoms with Crippen molar-refractivity contribution >= 4 is 33.7 Å². The predicted octanol–water partition coefficient (Wildman–Crippen LogP) is 3.02. The van der Waals surface area contributed by atoms with Gasteiger partial charge in [-0.15, -0.1) is 0 Å². The van der Waals surface area contributed by atoms with Crippen molar-refractivity contribution in [3.05, 3.63) is 76.4 Å². The van der Waals surface area contributed by atoms with Crippen molar-refractivity contribution in [3.63, 3.8) is 0 Å². The Balaban J connectivity index is 1.76. The number of benzene rings is 2. The molecule has 0 bridgehead atoms. The number of nitriles is 1. The summed E-state index contributed by atoms with van der Waals surface area (Å²) in [6, 6.07) is 8.03. The Morgan fingerprint density at radius 3 is 2.48 bits per heavy atom. The Labute approximate surface area is 288 Å². The minimum Gasteiger partial charge on any atom is -0.464 e. The molecule has 16 heteroatoms. The number of alkyl halides is 3. The van der Waals surface area contributed by atoms with E-state index in [0.29, 0.717) is 16.0 Å². The van der Waals surface area contributed by atoms with Crippen LogP contribution >= 0.6 is 0 Å². The summed E-state index contributed by atoms with van der Waals surface area (Å²) >= 11 is 0. The lowest BCUT2D eigenvalue weighted by atomic mass is 9.90. The molecule has 2 aromatic carbocycles. The van der Waals surface area contributed by atoms with E-state index in [1.807, 2.05) is 6.07 Å². The number of hydrogen-bond donors (Lipinski definition) is 1. The number of esters is 1. The van der Waals surface area contributed by atoms with Gasteiger partial charge in [0.2, 0.25) is 21.8 Å². The van der Waals surface area contributed by atoms with Gasteiger partial charge in [0, 0.05) is 27.2 Å². The first-order valence-corrected chi connectivity index (χ1v) is 17.3. The summed E-state index contributed by atoms with van der Waals surface area (Å²) in [5.41, 5.74) is 2.05. The van der Waals surface area contributed by atoms with E-state index in [0.717, 1.165) is 16.5 Å². The zero-order valence-corrected chi connectivity index (χ0v) is 28.8. The molecule has 0 saturated heterocycles. The first kappa shape index (κ1) is 38.1. The molecule has 0 saturated carbocycles. The number of ether oxygens (including phenoxy) is 1. The second-order valence-electron chi connectivity index (χ2n) is 12.3. The van der Waals surface area contributed by atoms with E-state index in [9.17, 15) is 46.0 Å². The molecule has 4 rings (SSSR count). The topological polar surface area (TPSA) is 157 Å². The Kier molecular flexibility index (Phi) is 11.7. The highest BCUT2D eigenvalue weighted by Crippen LogP contribution is 2.37. The minimum atomic E-state index is -5.23. The fourth-order valence-electron chi connectivity index (χ4n) is 6.03. The second-order valence-corrected chi connectivity index (χ2v) is 14.0.